The number of unbranched alkanes of at least 4 members (excludes halogenated alkanes) is 1. The molecule has 2 unspecified atom stereocenters. The first kappa shape index (κ1) is 110. The van der Waals surface area contributed by atoms with Gasteiger partial charge in [0.25, 0.3) is 0 Å². The number of carbonyl (C=O) groups is 11. The van der Waals surface area contributed by atoms with E-state index in [1.165, 1.54) is 19.1 Å². The zero-order valence-corrected chi connectivity index (χ0v) is 80.5. The van der Waals surface area contributed by atoms with Crippen molar-refractivity contribution in [1.82, 2.24) is 47.9 Å². The van der Waals surface area contributed by atoms with E-state index in [-0.39, 0.29) is 167 Å². The largest absolute Gasteiger partial charge is 0.399 e. The number of carbonyl (C=O) groups excluding carboxylic acids is 11. The van der Waals surface area contributed by atoms with Gasteiger partial charge in [0.2, 0.25) is 47.3 Å². The first-order valence-electron chi connectivity index (χ1n) is 48.3. The second-order valence-electron chi connectivity index (χ2n) is 37.4. The molecule has 136 heavy (non-hydrogen) atoms. The highest BCUT2D eigenvalue weighted by atomic mass is 19.1. The topological polar surface area (TPSA) is 473 Å². The smallest absolute Gasteiger partial charge is 0.312 e. The molecule has 38 heteroatoms. The number of rotatable bonds is 61. The van der Waals surface area contributed by atoms with Crippen molar-refractivity contribution in [3.05, 3.63) is 100 Å². The fraction of sp³-hybridized carbons (Fsp3) is 0.684. The summed E-state index contributed by atoms with van der Waals surface area (Å²) in [5, 5.41) is 37.7. The maximum absolute atomic E-state index is 18.3. The van der Waals surface area contributed by atoms with Crippen molar-refractivity contribution >= 4 is 70.5 Å². The molecule has 14 N–H and O–H groups in total. The summed E-state index contributed by atoms with van der Waals surface area (Å²) < 4.78 is 100. The Hall–Kier alpha value is -9.47. The molecule has 756 valence electrons. The quantitative estimate of drug-likeness (QED) is 0.0248. The van der Waals surface area contributed by atoms with Gasteiger partial charge in [-0.25, -0.2) is 13.6 Å². The lowest BCUT2D eigenvalue weighted by Gasteiger charge is -2.63. The summed E-state index contributed by atoms with van der Waals surface area (Å²) >= 11 is 0. The molecular weight excluding hydrogens is 1770 g/mol. The summed E-state index contributed by atoms with van der Waals surface area (Å²) in [7, 11) is 6.20. The molecular formula is C98H148F2N13O23+. The molecule has 2 aromatic rings. The molecule has 5 aliphatic carbocycles. The monoisotopic (exact) mass is 1910 g/mol. The Bertz CT molecular complexity index is 4450. The number of urea groups is 1. The highest BCUT2D eigenvalue weighted by molar-refractivity contribution is 6.02. The number of hydrogen-bond donors (Lipinski definition) is 12. The Labute approximate surface area is 797 Å². The number of alkyl halides is 2. The summed E-state index contributed by atoms with van der Waals surface area (Å²) in [6, 6.07) is 10.3. The number of nitrogens with one attached hydrogen (secondary N) is 9. The Morgan fingerprint density at radius 1 is 0.632 bits per heavy atom. The van der Waals surface area contributed by atoms with Crippen molar-refractivity contribution in [2.75, 3.05) is 184 Å². The number of allylic oxidation sites excluding steroid dienone is 5. The van der Waals surface area contributed by atoms with Crippen LogP contribution in [0.25, 0.3) is 0 Å². The minimum absolute atomic E-state index is 0.00253. The van der Waals surface area contributed by atoms with Gasteiger partial charge in [-0.1, -0.05) is 95.2 Å². The van der Waals surface area contributed by atoms with Crippen molar-refractivity contribution in [2.45, 2.75) is 223 Å². The molecule has 2 aromatic carbocycles. The van der Waals surface area contributed by atoms with Crippen LogP contribution in [0.2, 0.25) is 0 Å². The van der Waals surface area contributed by atoms with E-state index >= 15 is 13.6 Å². The van der Waals surface area contributed by atoms with Crippen LogP contribution in [0.4, 0.5) is 19.3 Å². The summed E-state index contributed by atoms with van der Waals surface area (Å²) in [5.74, 6) is -1.31. The van der Waals surface area contributed by atoms with Crippen LogP contribution in [0.15, 0.2) is 83.7 Å². The second-order valence-corrected chi connectivity index (χ2v) is 37.4. The molecule has 0 spiro atoms. The molecule has 4 fully saturated rings. The van der Waals surface area contributed by atoms with Crippen molar-refractivity contribution in [3.63, 3.8) is 0 Å². The fourth-order valence-corrected chi connectivity index (χ4v) is 18.9. The molecule has 0 aromatic heterocycles. The molecule has 0 bridgehead atoms. The van der Waals surface area contributed by atoms with Gasteiger partial charge in [0.05, 0.1) is 183 Å². The molecule has 0 radical (unpaired) electrons. The summed E-state index contributed by atoms with van der Waals surface area (Å²) in [6.45, 7) is 14.4. The Balaban J connectivity index is 0.731. The number of para-hydroxylation sites is 1. The predicted molar refractivity (Wildman–Crippen MR) is 500 cm³/mol. The number of primary amides is 1. The molecule has 10 amide bonds. The van der Waals surface area contributed by atoms with Crippen LogP contribution < -0.4 is 64.2 Å². The Morgan fingerprint density at radius 2 is 1.22 bits per heavy atom. The van der Waals surface area contributed by atoms with Crippen molar-refractivity contribution in [1.29, 1.82) is 0 Å². The first-order valence-corrected chi connectivity index (χ1v) is 48.3. The number of nitrogens with two attached hydrogens (primary N) is 2. The van der Waals surface area contributed by atoms with E-state index < -0.39 is 149 Å². The number of amides is 10. The van der Waals surface area contributed by atoms with Gasteiger partial charge in [-0.2, -0.15) is 0 Å². The number of ether oxygens (including phenoxy) is 11. The first-order chi connectivity index (χ1) is 65.2. The molecule has 36 nitrogen and oxygen atoms in total. The van der Waals surface area contributed by atoms with E-state index in [1.807, 2.05) is 55.5 Å². The second kappa shape index (κ2) is 55.4. The van der Waals surface area contributed by atoms with Gasteiger partial charge in [0.15, 0.2) is 29.1 Å². The van der Waals surface area contributed by atoms with E-state index in [0.717, 1.165) is 58.8 Å². The summed E-state index contributed by atoms with van der Waals surface area (Å²) in [5.41, 5.74) is 9.13. The van der Waals surface area contributed by atoms with Gasteiger partial charge >= 0.3 is 6.03 Å². The molecule has 7 aliphatic rings. The number of nitrogens with zero attached hydrogens (tertiary/aromatic N) is 2. The van der Waals surface area contributed by atoms with E-state index in [2.05, 4.69) is 80.8 Å². The third kappa shape index (κ3) is 32.0. The standard InChI is InChI=1S/C98H147F2N13O23/c1-9-20-88-135-82-61-71-72-60-74(99)73-59-70(114)33-36-95(73,4)97(72,100)80(115)62-96(71,5)98(82,136-88)81(116)63-108-91(122)76(26-19-38-107-94(102)125)110-93(124)90(66(2)3)111-92(123)77(25-17-18-37-104-86(120)65-134-79-28-12-10-11-24-75(89(79)101)103-40-45-128-49-53-132-57-55-130-51-47-126-43-34-84(118)105-39-42-113(6,7)8)109-85(119)35-44-127-48-52-131-56-58-133-54-50-129-46-41-106-83(117)31-32-87(121)112-64-69-23-14-13-21-67(69)29-30-68-22-15-16-27-78(68)112/h13-16,21-23,27,33,36,59,66,71-72,74,76-77,79-80,82,88,90,103,115H,9-12,17-20,24-26,28,31-32,34-35,37-58,60-65,101H2,1-8H3,(H9-,102,104,105,106,107,108,109,110,111,117,118,119,120,122,123,124,125)/p+1/b89-75-/t71-,72-,74-,76-,77+,79?,80-,82+,88?,90-,95-,96-,97-,98+/m0/s1. The van der Waals surface area contributed by atoms with Gasteiger partial charge in [-0.05, 0) is 137 Å². The maximum atomic E-state index is 18.3. The summed E-state index contributed by atoms with van der Waals surface area (Å²) in [6.07, 6.45) is 2.55. The fourth-order valence-electron chi connectivity index (χ4n) is 18.9. The van der Waals surface area contributed by atoms with Crippen LogP contribution in [0.5, 0.6) is 0 Å². The van der Waals surface area contributed by atoms with Crippen LogP contribution in [0.3, 0.4) is 0 Å². The molecule has 1 saturated heterocycles. The molecule has 2 aliphatic heterocycles. The number of fused-ring (bicyclic) bond motifs is 9. The highest BCUT2D eigenvalue weighted by Crippen LogP contribution is 2.72. The predicted octanol–water partition coefficient (Wildman–Crippen LogP) is 4.41. The number of benzene rings is 2. The van der Waals surface area contributed by atoms with Gasteiger partial charge < -0.3 is 126 Å². The average Bonchev–Trinajstić information content (AvgIpc) is 1.49. The van der Waals surface area contributed by atoms with Gasteiger partial charge in [-0.15, -0.1) is 0 Å². The number of halogens is 2. The van der Waals surface area contributed by atoms with Crippen molar-refractivity contribution in [2.24, 2.45) is 40.1 Å². The summed E-state index contributed by atoms with van der Waals surface area (Å²) in [4.78, 5) is 151. The maximum Gasteiger partial charge on any atom is 0.312 e. The zero-order chi connectivity index (χ0) is 98.3. The average molecular weight is 1910 g/mol. The zero-order valence-electron chi connectivity index (χ0n) is 80.5. The number of Topliss-reactive ketones (excluding diaryl/α,β-unsaturated/α-hetero) is 1. The number of anilines is 1. The van der Waals surface area contributed by atoms with Crippen molar-refractivity contribution in [3.8, 4) is 11.8 Å². The van der Waals surface area contributed by atoms with Gasteiger partial charge in [0.1, 0.15) is 30.9 Å². The number of likely N-dealkylation sites (N-methyl/N-ethyl adjacent to an activating group) is 1. The van der Waals surface area contributed by atoms with E-state index in [4.69, 9.17) is 63.6 Å². The minimum atomic E-state index is -2.47. The SMILES string of the molecule is CCCC1O[C@@H]2C[C@H]3[C@@H]4C[C@H](F)C5=CC(=O)C=C[C@]5(C)[C@@]4(F)[C@@H](O)C[C@]3(C)[C@]2(C(=O)CNC(=O)[C@H](CCCNC(N)=O)NC(=O)[C@@H](NC(=O)[C@@H](CCCCNC(=O)COC2CCCCC/C(NCCOCCOCCOCCOCCC(=O)NCC[N+](C)(C)C)=C\2N)NC(=O)CCOCCOCCOCCOCCNC(=O)CCC(=O)N2Cc3ccccc3C#Cc3ccccc32)C(C)C)O1. The highest BCUT2D eigenvalue weighted by Gasteiger charge is 2.80. The third-order valence-corrected chi connectivity index (χ3v) is 26.2. The lowest BCUT2D eigenvalue weighted by Crippen LogP contribution is -2.71. The number of hydrogen-bond acceptors (Lipinski definition) is 25. The van der Waals surface area contributed by atoms with Crippen LogP contribution in [-0.2, 0) is 107 Å². The van der Waals surface area contributed by atoms with Gasteiger partial charge in [-0.3, -0.25) is 47.9 Å². The van der Waals surface area contributed by atoms with Crippen LogP contribution in [0.1, 0.15) is 173 Å². The number of ketones is 2. The van der Waals surface area contributed by atoms with E-state index in [0.29, 0.717) is 116 Å². The lowest BCUT2D eigenvalue weighted by molar-refractivity contribution is -0.869. The van der Waals surface area contributed by atoms with E-state index in [9.17, 15) is 53.1 Å². The van der Waals surface area contributed by atoms with Gasteiger partial charge in [0, 0.05) is 85.4 Å². The molecule has 14 atom stereocenters. The van der Waals surface area contributed by atoms with E-state index in [1.54, 1.807) is 25.7 Å². The van der Waals surface area contributed by atoms with Crippen LogP contribution >= 0.6 is 0 Å². The number of quaternary nitrogens is 1. The van der Waals surface area contributed by atoms with Crippen LogP contribution in [0, 0.1) is 40.4 Å². The normalized spacial score (nSPS) is 24.4. The van der Waals surface area contributed by atoms with Crippen molar-refractivity contribution < 1.29 is 123 Å². The lowest BCUT2D eigenvalue weighted by atomic mass is 9.44. The molecule has 3 saturated carbocycles. The van der Waals surface area contributed by atoms with Crippen LogP contribution in [-0.4, -0.2) is 314 Å². The third-order valence-electron chi connectivity index (χ3n) is 26.2. The Kier molecular flexibility index (Phi) is 44.8. The molecule has 9 rings (SSSR count). The number of aliphatic hydroxyl groups excluding tert-OH is 1. The number of aliphatic hydroxyl groups is 1. The minimum Gasteiger partial charge on any atom is -0.399 e. The Morgan fingerprint density at radius 3 is 1.88 bits per heavy atom. The molecule has 2 heterocycles.